The molecule has 0 aliphatic carbocycles. The maximum absolute atomic E-state index is 12.7. The highest BCUT2D eigenvalue weighted by Gasteiger charge is 2.44. The van der Waals surface area contributed by atoms with Gasteiger partial charge in [0.15, 0.2) is 0 Å². The molecule has 1 atom stereocenters. The van der Waals surface area contributed by atoms with Crippen LogP contribution in [0.4, 0.5) is 0 Å². The molecule has 1 aliphatic rings. The molecule has 0 radical (unpaired) electrons. The number of carbonyl (C=O) groups is 2. The largest absolute Gasteiger partial charge is 0.507 e. The van der Waals surface area contributed by atoms with Crippen LogP contribution < -0.4 is 9.47 Å². The van der Waals surface area contributed by atoms with E-state index in [1.54, 1.807) is 43.4 Å². The molecule has 1 aliphatic heterocycles. The number of ether oxygens (including phenoxy) is 2. The molecular weight excluding hydrogens is 370 g/mol. The summed E-state index contributed by atoms with van der Waals surface area (Å²) in [5, 5.41) is 11.0. The van der Waals surface area contributed by atoms with E-state index in [0.717, 1.165) is 5.56 Å². The second-order valence-corrected chi connectivity index (χ2v) is 7.35. The van der Waals surface area contributed by atoms with Crippen LogP contribution in [0, 0.1) is 6.92 Å². The van der Waals surface area contributed by atoms with Gasteiger partial charge in [0.05, 0.1) is 30.4 Å². The summed E-state index contributed by atoms with van der Waals surface area (Å²) in [7, 11) is 3.04. The van der Waals surface area contributed by atoms with E-state index in [1.807, 2.05) is 26.8 Å². The number of methoxy groups -OCH3 is 1. The van der Waals surface area contributed by atoms with Crippen LogP contribution in [0.25, 0.3) is 5.76 Å². The van der Waals surface area contributed by atoms with Crippen molar-refractivity contribution in [3.8, 4) is 11.5 Å². The van der Waals surface area contributed by atoms with Crippen LogP contribution >= 0.6 is 0 Å². The Bertz CT molecular complexity index is 975. The van der Waals surface area contributed by atoms with Crippen LogP contribution in [0.2, 0.25) is 0 Å². The van der Waals surface area contributed by atoms with Crippen LogP contribution in [0.3, 0.4) is 0 Å². The Balaban J connectivity index is 2.13. The lowest BCUT2D eigenvalue weighted by Crippen LogP contribution is -2.24. The number of carbonyl (C=O) groups excluding carboxylic acids is 2. The Morgan fingerprint density at radius 2 is 1.76 bits per heavy atom. The van der Waals surface area contributed by atoms with Crippen molar-refractivity contribution in [3.05, 3.63) is 64.7 Å². The number of hydrogen-bond acceptors (Lipinski definition) is 5. The molecule has 3 rings (SSSR count). The SMILES string of the molecule is COc1ccc(C)cc1/C(O)=C1\C(=O)C(=O)N(C)C1c1ccc(OC(C)C)cc1. The third-order valence-electron chi connectivity index (χ3n) is 4.85. The van der Waals surface area contributed by atoms with Crippen molar-refractivity contribution in [2.24, 2.45) is 0 Å². The molecule has 6 heteroatoms. The molecule has 1 heterocycles. The summed E-state index contributed by atoms with van der Waals surface area (Å²) >= 11 is 0. The number of hydrogen-bond donors (Lipinski definition) is 1. The lowest BCUT2D eigenvalue weighted by molar-refractivity contribution is -0.139. The predicted molar refractivity (Wildman–Crippen MR) is 110 cm³/mol. The molecule has 1 amide bonds. The quantitative estimate of drug-likeness (QED) is 0.473. The average Bonchev–Trinajstić information content (AvgIpc) is 2.91. The summed E-state index contributed by atoms with van der Waals surface area (Å²) in [5.74, 6) is -0.514. The number of aryl methyl sites for hydroxylation is 1. The number of rotatable bonds is 5. The number of Topliss-reactive ketones (excluding diaryl/α,β-unsaturated/α-hetero) is 1. The average molecular weight is 395 g/mol. The topological polar surface area (TPSA) is 76.1 Å². The fourth-order valence-electron chi connectivity index (χ4n) is 3.49. The van der Waals surface area contributed by atoms with Crippen molar-refractivity contribution in [2.45, 2.75) is 32.9 Å². The molecule has 1 saturated heterocycles. The minimum atomic E-state index is -0.721. The van der Waals surface area contributed by atoms with E-state index >= 15 is 0 Å². The molecule has 0 aromatic heterocycles. The van der Waals surface area contributed by atoms with E-state index in [1.165, 1.54) is 12.0 Å². The van der Waals surface area contributed by atoms with Crippen molar-refractivity contribution in [1.29, 1.82) is 0 Å². The summed E-state index contributed by atoms with van der Waals surface area (Å²) in [5.41, 5.74) is 2.02. The van der Waals surface area contributed by atoms with Crippen molar-refractivity contribution in [3.63, 3.8) is 0 Å². The third kappa shape index (κ3) is 3.83. The van der Waals surface area contributed by atoms with Gasteiger partial charge in [-0.25, -0.2) is 0 Å². The number of nitrogens with zero attached hydrogens (tertiary/aromatic N) is 1. The lowest BCUT2D eigenvalue weighted by atomic mass is 9.94. The molecule has 2 aromatic carbocycles. The first kappa shape index (κ1) is 20.5. The maximum atomic E-state index is 12.7. The third-order valence-corrected chi connectivity index (χ3v) is 4.85. The number of benzene rings is 2. The monoisotopic (exact) mass is 395 g/mol. The number of aliphatic hydroxyl groups is 1. The standard InChI is InChI=1S/C23H25NO5/c1-13(2)29-16-9-7-15(8-10-16)20-19(22(26)23(27)24(20)4)21(25)17-12-14(3)6-11-18(17)28-5/h6-13,20,25H,1-5H3/b21-19+. The number of amides is 1. The Labute approximate surface area is 170 Å². The van der Waals surface area contributed by atoms with E-state index < -0.39 is 17.7 Å². The second kappa shape index (κ2) is 7.99. The lowest BCUT2D eigenvalue weighted by Gasteiger charge is -2.22. The molecule has 6 nitrogen and oxygen atoms in total. The van der Waals surface area contributed by atoms with Crippen LogP contribution in [0.15, 0.2) is 48.0 Å². The molecule has 152 valence electrons. The van der Waals surface area contributed by atoms with Crippen molar-refractivity contribution < 1.29 is 24.2 Å². The molecular formula is C23H25NO5. The summed E-state index contributed by atoms with van der Waals surface area (Å²) in [6.07, 6.45) is 0.0337. The van der Waals surface area contributed by atoms with Gasteiger partial charge in [-0.1, -0.05) is 23.8 Å². The first-order valence-electron chi connectivity index (χ1n) is 9.40. The van der Waals surface area contributed by atoms with Gasteiger partial charge in [-0.05, 0) is 50.6 Å². The summed E-state index contributed by atoms with van der Waals surface area (Å²) in [4.78, 5) is 26.5. The summed E-state index contributed by atoms with van der Waals surface area (Å²) < 4.78 is 11.0. The summed E-state index contributed by atoms with van der Waals surface area (Å²) in [6.45, 7) is 5.74. The zero-order valence-corrected chi connectivity index (χ0v) is 17.2. The van der Waals surface area contributed by atoms with Crippen molar-refractivity contribution >= 4 is 17.4 Å². The Kier molecular flexibility index (Phi) is 5.64. The Morgan fingerprint density at radius 1 is 1.10 bits per heavy atom. The minimum absolute atomic E-state index is 0.0337. The van der Waals surface area contributed by atoms with Crippen LogP contribution in [-0.4, -0.2) is 42.0 Å². The first-order chi connectivity index (χ1) is 13.7. The van der Waals surface area contributed by atoms with E-state index in [4.69, 9.17) is 9.47 Å². The number of aliphatic hydroxyl groups excluding tert-OH is 1. The van der Waals surface area contributed by atoms with Crippen LogP contribution in [0.5, 0.6) is 11.5 Å². The molecule has 1 unspecified atom stereocenters. The van der Waals surface area contributed by atoms with Gasteiger partial charge in [0.2, 0.25) is 0 Å². The van der Waals surface area contributed by atoms with Crippen LogP contribution in [-0.2, 0) is 9.59 Å². The van der Waals surface area contributed by atoms with E-state index in [9.17, 15) is 14.7 Å². The fraction of sp³-hybridized carbons (Fsp3) is 0.304. The van der Waals surface area contributed by atoms with Gasteiger partial charge in [0.1, 0.15) is 17.3 Å². The molecule has 1 N–H and O–H groups in total. The van der Waals surface area contributed by atoms with Crippen molar-refractivity contribution in [2.75, 3.05) is 14.2 Å². The number of ketones is 1. The van der Waals surface area contributed by atoms with Gasteiger partial charge in [-0.2, -0.15) is 0 Å². The first-order valence-corrected chi connectivity index (χ1v) is 9.40. The highest BCUT2D eigenvalue weighted by molar-refractivity contribution is 6.46. The normalized spacial score (nSPS) is 18.4. The predicted octanol–water partition coefficient (Wildman–Crippen LogP) is 3.84. The Morgan fingerprint density at radius 3 is 2.34 bits per heavy atom. The minimum Gasteiger partial charge on any atom is -0.507 e. The van der Waals surface area contributed by atoms with E-state index in [2.05, 4.69) is 0 Å². The zero-order valence-electron chi connectivity index (χ0n) is 17.2. The second-order valence-electron chi connectivity index (χ2n) is 7.35. The Hall–Kier alpha value is -3.28. The van der Waals surface area contributed by atoms with Crippen molar-refractivity contribution in [1.82, 2.24) is 4.90 Å². The highest BCUT2D eigenvalue weighted by Crippen LogP contribution is 2.40. The maximum Gasteiger partial charge on any atom is 0.295 e. The number of likely N-dealkylation sites (N-methyl/N-ethyl adjacent to an activating group) is 1. The molecule has 0 saturated carbocycles. The molecule has 29 heavy (non-hydrogen) atoms. The van der Waals surface area contributed by atoms with Gasteiger partial charge in [0, 0.05) is 7.05 Å². The van der Waals surface area contributed by atoms with E-state index in [0.29, 0.717) is 22.6 Å². The van der Waals surface area contributed by atoms with Gasteiger partial charge >= 0.3 is 0 Å². The highest BCUT2D eigenvalue weighted by atomic mass is 16.5. The van der Waals surface area contributed by atoms with Gasteiger partial charge in [0.25, 0.3) is 11.7 Å². The molecule has 2 aromatic rings. The summed E-state index contributed by atoms with van der Waals surface area (Å²) in [6, 6.07) is 11.8. The van der Waals surface area contributed by atoms with E-state index in [-0.39, 0.29) is 17.4 Å². The zero-order chi connectivity index (χ0) is 21.3. The molecule has 1 fully saturated rings. The smallest absolute Gasteiger partial charge is 0.295 e. The fourth-order valence-corrected chi connectivity index (χ4v) is 3.49. The molecule has 0 bridgehead atoms. The molecule has 0 spiro atoms. The van der Waals surface area contributed by atoms with Gasteiger partial charge < -0.3 is 19.5 Å². The van der Waals surface area contributed by atoms with Crippen LogP contribution in [0.1, 0.15) is 36.6 Å². The van der Waals surface area contributed by atoms with Gasteiger partial charge in [-0.3, -0.25) is 9.59 Å². The van der Waals surface area contributed by atoms with Gasteiger partial charge in [-0.15, -0.1) is 0 Å². The number of likely N-dealkylation sites (tertiary alicyclic amines) is 1.